The third-order valence-corrected chi connectivity index (χ3v) is 6.85. The zero-order valence-electron chi connectivity index (χ0n) is 12.8. The molecule has 116 valence electrons. The third-order valence-electron chi connectivity index (χ3n) is 4.88. The first kappa shape index (κ1) is 15.0. The van der Waals surface area contributed by atoms with E-state index in [4.69, 9.17) is 0 Å². The first-order chi connectivity index (χ1) is 9.93. The van der Waals surface area contributed by atoms with Gasteiger partial charge in [-0.3, -0.25) is 4.90 Å². The lowest BCUT2D eigenvalue weighted by molar-refractivity contribution is 0.0476. The number of hydrogen-bond acceptors (Lipinski definition) is 3. The highest BCUT2D eigenvalue weighted by Gasteiger charge is 2.52. The number of benzene rings is 1. The Morgan fingerprint density at radius 1 is 1.19 bits per heavy atom. The monoisotopic (exact) mass is 308 g/mol. The summed E-state index contributed by atoms with van der Waals surface area (Å²) in [4.78, 5) is 2.42. The van der Waals surface area contributed by atoms with E-state index in [-0.39, 0.29) is 5.54 Å². The second kappa shape index (κ2) is 5.38. The van der Waals surface area contributed by atoms with Crippen LogP contribution >= 0.6 is 0 Å². The van der Waals surface area contributed by atoms with Crippen molar-refractivity contribution in [2.24, 2.45) is 0 Å². The highest BCUT2D eigenvalue weighted by molar-refractivity contribution is 7.89. The van der Waals surface area contributed by atoms with Crippen molar-refractivity contribution in [1.82, 2.24) is 9.21 Å². The molecule has 0 radical (unpaired) electrons. The predicted octanol–water partition coefficient (Wildman–Crippen LogP) is 1.73. The van der Waals surface area contributed by atoms with E-state index < -0.39 is 10.0 Å². The first-order valence-corrected chi connectivity index (χ1v) is 9.32. The van der Waals surface area contributed by atoms with Crippen LogP contribution in [0.25, 0.3) is 0 Å². The van der Waals surface area contributed by atoms with Crippen LogP contribution in [-0.2, 0) is 16.4 Å². The van der Waals surface area contributed by atoms with Gasteiger partial charge in [0, 0.05) is 25.7 Å². The van der Waals surface area contributed by atoms with Gasteiger partial charge in [-0.25, -0.2) is 8.42 Å². The average molecular weight is 308 g/mol. The Bertz CT molecular complexity index is 600. The molecule has 0 saturated carbocycles. The molecule has 1 aromatic rings. The van der Waals surface area contributed by atoms with Gasteiger partial charge in [-0.1, -0.05) is 30.3 Å². The normalized spacial score (nSPS) is 29.7. The van der Waals surface area contributed by atoms with Gasteiger partial charge < -0.3 is 0 Å². The number of sulfonamides is 1. The zero-order valence-corrected chi connectivity index (χ0v) is 13.6. The predicted molar refractivity (Wildman–Crippen MR) is 84.7 cm³/mol. The van der Waals surface area contributed by atoms with Gasteiger partial charge >= 0.3 is 0 Å². The Hall–Kier alpha value is -0.910. The largest absolute Gasteiger partial charge is 0.298 e. The Morgan fingerprint density at radius 2 is 1.90 bits per heavy atom. The van der Waals surface area contributed by atoms with Crippen molar-refractivity contribution in [1.29, 1.82) is 0 Å². The van der Waals surface area contributed by atoms with Crippen LogP contribution in [0.3, 0.4) is 0 Å². The molecular formula is C16H24N2O2S. The summed E-state index contributed by atoms with van der Waals surface area (Å²) >= 11 is 0. The van der Waals surface area contributed by atoms with Crippen LogP contribution in [-0.4, -0.2) is 54.6 Å². The van der Waals surface area contributed by atoms with E-state index in [0.29, 0.717) is 18.3 Å². The maximum Gasteiger partial charge on any atom is 0.214 e. The van der Waals surface area contributed by atoms with E-state index in [9.17, 15) is 8.42 Å². The average Bonchev–Trinajstić information content (AvgIpc) is 2.71. The molecule has 4 nitrogen and oxygen atoms in total. The molecule has 21 heavy (non-hydrogen) atoms. The number of nitrogens with zero attached hydrogens (tertiary/aromatic N) is 2. The molecule has 2 fully saturated rings. The summed E-state index contributed by atoms with van der Waals surface area (Å²) in [6, 6.07) is 10.7. The molecule has 2 heterocycles. The van der Waals surface area contributed by atoms with Gasteiger partial charge in [-0.2, -0.15) is 4.31 Å². The Kier molecular flexibility index (Phi) is 3.84. The summed E-state index contributed by atoms with van der Waals surface area (Å²) in [5, 5.41) is 0. The van der Waals surface area contributed by atoms with E-state index in [1.807, 2.05) is 18.2 Å². The first-order valence-electron chi connectivity index (χ1n) is 7.71. The van der Waals surface area contributed by atoms with Gasteiger partial charge in [0.2, 0.25) is 10.0 Å². The summed E-state index contributed by atoms with van der Waals surface area (Å²) in [7, 11) is -3.07. The van der Waals surface area contributed by atoms with E-state index in [2.05, 4.69) is 30.9 Å². The minimum absolute atomic E-state index is 0.247. The lowest BCUT2D eigenvalue weighted by Crippen LogP contribution is -2.62. The Morgan fingerprint density at radius 3 is 2.57 bits per heavy atom. The van der Waals surface area contributed by atoms with E-state index in [0.717, 1.165) is 25.9 Å². The standard InChI is InChI=1S/C16H24N2O2S/c1-14(2)17-9-10-18-16(13-17,8-11-21(18,19)20)12-15-6-4-3-5-7-15/h3-7,14H,8-13H2,1-2H3. The summed E-state index contributed by atoms with van der Waals surface area (Å²) in [5.74, 6) is 0.297. The molecule has 0 bridgehead atoms. The van der Waals surface area contributed by atoms with Crippen molar-refractivity contribution < 1.29 is 8.42 Å². The van der Waals surface area contributed by atoms with E-state index in [1.54, 1.807) is 4.31 Å². The van der Waals surface area contributed by atoms with Crippen LogP contribution in [0, 0.1) is 0 Å². The van der Waals surface area contributed by atoms with Gasteiger partial charge in [0.15, 0.2) is 0 Å². The molecule has 2 aliphatic rings. The molecule has 1 unspecified atom stereocenters. The minimum atomic E-state index is -3.07. The van der Waals surface area contributed by atoms with Gasteiger partial charge in [-0.05, 0) is 32.3 Å². The van der Waals surface area contributed by atoms with Crippen LogP contribution in [0.4, 0.5) is 0 Å². The number of piperazine rings is 1. The fraction of sp³-hybridized carbons (Fsp3) is 0.625. The van der Waals surface area contributed by atoms with Gasteiger partial charge in [0.1, 0.15) is 0 Å². The third kappa shape index (κ3) is 2.74. The van der Waals surface area contributed by atoms with Gasteiger partial charge in [-0.15, -0.1) is 0 Å². The van der Waals surface area contributed by atoms with Crippen molar-refractivity contribution in [3.8, 4) is 0 Å². The maximum absolute atomic E-state index is 12.4. The Balaban J connectivity index is 1.93. The molecule has 2 saturated heterocycles. The molecule has 2 aliphatic heterocycles. The summed E-state index contributed by atoms with van der Waals surface area (Å²) in [5.41, 5.74) is 0.980. The summed E-state index contributed by atoms with van der Waals surface area (Å²) in [6.45, 7) is 6.70. The fourth-order valence-electron chi connectivity index (χ4n) is 3.71. The topological polar surface area (TPSA) is 40.6 Å². The molecule has 3 rings (SSSR count). The quantitative estimate of drug-likeness (QED) is 0.854. The maximum atomic E-state index is 12.4. The van der Waals surface area contributed by atoms with Crippen molar-refractivity contribution in [2.45, 2.75) is 38.3 Å². The molecule has 0 aliphatic carbocycles. The Labute approximate surface area is 127 Å². The van der Waals surface area contributed by atoms with Crippen molar-refractivity contribution in [3.63, 3.8) is 0 Å². The van der Waals surface area contributed by atoms with Crippen LogP contribution in [0.15, 0.2) is 30.3 Å². The van der Waals surface area contributed by atoms with Gasteiger partial charge in [0.05, 0.1) is 11.3 Å². The lowest BCUT2D eigenvalue weighted by Gasteiger charge is -2.47. The number of fused-ring (bicyclic) bond motifs is 1. The molecule has 0 aromatic heterocycles. The highest BCUT2D eigenvalue weighted by Crippen LogP contribution is 2.38. The number of rotatable bonds is 3. The fourth-order valence-corrected chi connectivity index (χ4v) is 5.73. The van der Waals surface area contributed by atoms with Crippen molar-refractivity contribution in [3.05, 3.63) is 35.9 Å². The van der Waals surface area contributed by atoms with Crippen LogP contribution in [0.2, 0.25) is 0 Å². The number of hydrogen-bond donors (Lipinski definition) is 0. The second-order valence-electron chi connectivity index (χ2n) is 6.59. The molecular weight excluding hydrogens is 284 g/mol. The summed E-state index contributed by atoms with van der Waals surface area (Å²) in [6.07, 6.45) is 1.56. The van der Waals surface area contributed by atoms with Crippen molar-refractivity contribution in [2.75, 3.05) is 25.4 Å². The van der Waals surface area contributed by atoms with E-state index in [1.165, 1.54) is 5.56 Å². The molecule has 5 heteroatoms. The van der Waals surface area contributed by atoms with Crippen LogP contribution in [0.5, 0.6) is 0 Å². The molecule has 0 spiro atoms. The minimum Gasteiger partial charge on any atom is -0.298 e. The van der Waals surface area contributed by atoms with E-state index >= 15 is 0 Å². The molecule has 0 N–H and O–H groups in total. The lowest BCUT2D eigenvalue weighted by atomic mass is 9.85. The highest BCUT2D eigenvalue weighted by atomic mass is 32.2. The zero-order chi connectivity index (χ0) is 15.1. The smallest absolute Gasteiger partial charge is 0.214 e. The van der Waals surface area contributed by atoms with Crippen LogP contribution in [0.1, 0.15) is 25.8 Å². The molecule has 1 atom stereocenters. The SMILES string of the molecule is CC(C)N1CCN2C(Cc3ccccc3)(CCS2(=O)=O)C1. The van der Waals surface area contributed by atoms with Crippen LogP contribution < -0.4 is 0 Å². The summed E-state index contributed by atoms with van der Waals surface area (Å²) < 4.78 is 26.5. The molecule has 0 amide bonds. The van der Waals surface area contributed by atoms with Gasteiger partial charge in [0.25, 0.3) is 0 Å². The van der Waals surface area contributed by atoms with Crippen molar-refractivity contribution >= 4 is 10.0 Å². The second-order valence-corrected chi connectivity index (χ2v) is 8.60. The molecule has 1 aromatic carbocycles.